The summed E-state index contributed by atoms with van der Waals surface area (Å²) in [6.45, 7) is 21.9. The summed E-state index contributed by atoms with van der Waals surface area (Å²) >= 11 is 0. The summed E-state index contributed by atoms with van der Waals surface area (Å²) in [6.07, 6.45) is 12.7. The van der Waals surface area contributed by atoms with Crippen LogP contribution in [0.2, 0.25) is 0 Å². The van der Waals surface area contributed by atoms with E-state index in [1.54, 1.807) is 30.6 Å². The van der Waals surface area contributed by atoms with Crippen LogP contribution in [-0.2, 0) is 0 Å². The maximum atomic E-state index is 16.0. The molecule has 2 heterocycles. The lowest BCUT2D eigenvalue weighted by Crippen LogP contribution is -2.20. The summed E-state index contributed by atoms with van der Waals surface area (Å²) < 4.78 is 16.0. The number of nitrogens with zero attached hydrogens (tertiary/aromatic N) is 2. The monoisotopic (exact) mass is 509 g/mol. The Morgan fingerprint density at radius 3 is 2.42 bits per heavy atom. The maximum absolute atomic E-state index is 16.0. The quantitative estimate of drug-likeness (QED) is 0.232. The number of fused-ring (bicyclic) bond motifs is 1. The minimum absolute atomic E-state index is 0.222. The first-order valence-electron chi connectivity index (χ1n) is 12.5. The molecule has 0 saturated carbocycles. The van der Waals surface area contributed by atoms with Crippen LogP contribution in [0.25, 0.3) is 27.7 Å². The van der Waals surface area contributed by atoms with Gasteiger partial charge in [-0.1, -0.05) is 38.0 Å². The number of aromatic nitrogens is 3. The topological polar surface area (TPSA) is 65.6 Å². The van der Waals surface area contributed by atoms with Gasteiger partial charge in [0.05, 0.1) is 16.6 Å². The highest BCUT2D eigenvalue weighted by Gasteiger charge is 2.19. The van der Waals surface area contributed by atoms with E-state index < -0.39 is 0 Å². The van der Waals surface area contributed by atoms with Crippen molar-refractivity contribution >= 4 is 27.7 Å². The number of H-pyrrole nitrogens is 1. The number of hydrogen-bond donors (Lipinski definition) is 3. The molecule has 0 aliphatic carbocycles. The zero-order chi connectivity index (χ0) is 27.8. The maximum Gasteiger partial charge on any atom is 0.142 e. The molecule has 3 rings (SSSR count). The molecular formula is C32H36FN5. The number of benzene rings is 1. The largest absolute Gasteiger partial charge is 0.383 e. The zero-order valence-corrected chi connectivity index (χ0v) is 22.8. The van der Waals surface area contributed by atoms with E-state index in [0.29, 0.717) is 27.9 Å². The number of allylic oxidation sites excluding steroid dienone is 9. The predicted octanol–water partition coefficient (Wildman–Crippen LogP) is 7.69. The Labute approximate surface area is 225 Å². The smallest absolute Gasteiger partial charge is 0.142 e. The SMILES string of the molecule is C=C/C=C(\C(C)=C(/C)NC(=C)c1n[nH]c2ccc(C(/C=C(\C=C)NC(C)C)=C/C)c(F)c12)c1ccncc1. The highest BCUT2D eigenvalue weighted by atomic mass is 19.1. The molecule has 2 aromatic heterocycles. The number of pyridine rings is 1. The fraction of sp³-hybridized carbons (Fsp3) is 0.188. The fourth-order valence-electron chi connectivity index (χ4n) is 4.16. The van der Waals surface area contributed by atoms with Crippen LogP contribution in [0.5, 0.6) is 0 Å². The van der Waals surface area contributed by atoms with Crippen LogP contribution >= 0.6 is 0 Å². The van der Waals surface area contributed by atoms with Crippen molar-refractivity contribution in [2.75, 3.05) is 0 Å². The molecule has 38 heavy (non-hydrogen) atoms. The van der Waals surface area contributed by atoms with Gasteiger partial charge in [-0.05, 0) is 93.3 Å². The van der Waals surface area contributed by atoms with E-state index in [9.17, 15) is 0 Å². The molecule has 5 nitrogen and oxygen atoms in total. The molecule has 6 heteroatoms. The van der Waals surface area contributed by atoms with Crippen LogP contribution in [0.4, 0.5) is 4.39 Å². The first-order valence-corrected chi connectivity index (χ1v) is 12.5. The van der Waals surface area contributed by atoms with Crippen LogP contribution < -0.4 is 10.6 Å². The highest BCUT2D eigenvalue weighted by molar-refractivity contribution is 5.94. The van der Waals surface area contributed by atoms with E-state index in [1.165, 1.54) is 0 Å². The summed E-state index contributed by atoms with van der Waals surface area (Å²) in [6, 6.07) is 7.70. The average molecular weight is 510 g/mol. The highest BCUT2D eigenvalue weighted by Crippen LogP contribution is 2.31. The van der Waals surface area contributed by atoms with Gasteiger partial charge in [0.25, 0.3) is 0 Å². The molecular weight excluding hydrogens is 473 g/mol. The van der Waals surface area contributed by atoms with Gasteiger partial charge in [0.15, 0.2) is 0 Å². The van der Waals surface area contributed by atoms with Gasteiger partial charge in [-0.15, -0.1) is 0 Å². The predicted molar refractivity (Wildman–Crippen MR) is 159 cm³/mol. The second-order valence-electron chi connectivity index (χ2n) is 9.17. The van der Waals surface area contributed by atoms with Crippen LogP contribution in [0.15, 0.2) is 104 Å². The molecule has 3 N–H and O–H groups in total. The third-order valence-corrected chi connectivity index (χ3v) is 6.14. The number of rotatable bonds is 11. The van der Waals surface area contributed by atoms with E-state index in [1.807, 2.05) is 71.0 Å². The zero-order valence-electron chi connectivity index (χ0n) is 22.8. The summed E-state index contributed by atoms with van der Waals surface area (Å²) in [7, 11) is 0. The molecule has 0 unspecified atom stereocenters. The summed E-state index contributed by atoms with van der Waals surface area (Å²) in [5.41, 5.74) is 7.40. The van der Waals surface area contributed by atoms with Crippen molar-refractivity contribution in [3.05, 3.63) is 126 Å². The summed E-state index contributed by atoms with van der Waals surface area (Å²) in [5.74, 6) is -0.367. The first kappa shape index (κ1) is 28.1. The van der Waals surface area contributed by atoms with Crippen molar-refractivity contribution in [1.29, 1.82) is 0 Å². The molecule has 0 saturated heterocycles. The van der Waals surface area contributed by atoms with Crippen molar-refractivity contribution in [2.45, 2.75) is 40.7 Å². The second-order valence-corrected chi connectivity index (χ2v) is 9.17. The summed E-state index contributed by atoms with van der Waals surface area (Å²) in [5, 5.41) is 14.4. The van der Waals surface area contributed by atoms with Crippen molar-refractivity contribution in [1.82, 2.24) is 25.8 Å². The molecule has 0 spiro atoms. The standard InChI is InChI=1S/C32H36FN5/c1-9-12-27(25-15-17-34-18-16-25)21(6)22(7)36-23(8)32-30-29(37-38-32)14-13-28(31(30)33)24(10-2)19-26(11-3)35-20(4)5/h9-20,35-36H,1,3,8H2,2,4-7H3,(H,37,38)/b22-21+,24-10+,26-19+,27-12+. The van der Waals surface area contributed by atoms with E-state index in [4.69, 9.17) is 0 Å². The molecule has 0 fully saturated rings. The Hall–Kier alpha value is -4.45. The van der Waals surface area contributed by atoms with Gasteiger partial charge in [0.2, 0.25) is 0 Å². The molecule has 0 radical (unpaired) electrons. The van der Waals surface area contributed by atoms with Crippen LogP contribution in [-0.4, -0.2) is 21.2 Å². The Morgan fingerprint density at radius 1 is 1.11 bits per heavy atom. The van der Waals surface area contributed by atoms with Gasteiger partial charge in [-0.25, -0.2) is 4.39 Å². The van der Waals surface area contributed by atoms with Crippen molar-refractivity contribution in [3.8, 4) is 0 Å². The minimum Gasteiger partial charge on any atom is -0.383 e. The van der Waals surface area contributed by atoms with Gasteiger partial charge in [0, 0.05) is 35.4 Å². The van der Waals surface area contributed by atoms with Crippen molar-refractivity contribution in [2.24, 2.45) is 0 Å². The van der Waals surface area contributed by atoms with Gasteiger partial charge < -0.3 is 10.6 Å². The number of halogens is 1. The van der Waals surface area contributed by atoms with Crippen LogP contribution in [0.1, 0.15) is 51.4 Å². The third kappa shape index (κ3) is 6.27. The van der Waals surface area contributed by atoms with E-state index in [-0.39, 0.29) is 11.9 Å². The Bertz CT molecular complexity index is 1470. The first-order chi connectivity index (χ1) is 18.2. The Morgan fingerprint density at radius 2 is 1.82 bits per heavy atom. The van der Waals surface area contributed by atoms with Crippen molar-refractivity contribution < 1.29 is 4.39 Å². The van der Waals surface area contributed by atoms with Crippen LogP contribution in [0, 0.1) is 5.82 Å². The van der Waals surface area contributed by atoms with Crippen LogP contribution in [0.3, 0.4) is 0 Å². The molecule has 0 aliphatic heterocycles. The van der Waals surface area contributed by atoms with Gasteiger partial charge >= 0.3 is 0 Å². The fourth-order valence-corrected chi connectivity index (χ4v) is 4.16. The molecule has 0 atom stereocenters. The lowest BCUT2D eigenvalue weighted by Gasteiger charge is -2.16. The van der Waals surface area contributed by atoms with E-state index in [2.05, 4.69) is 45.6 Å². The van der Waals surface area contributed by atoms with Gasteiger partial charge in [0.1, 0.15) is 11.5 Å². The molecule has 0 aliphatic rings. The number of aromatic amines is 1. The van der Waals surface area contributed by atoms with Crippen molar-refractivity contribution in [3.63, 3.8) is 0 Å². The second kappa shape index (κ2) is 12.7. The number of hydrogen-bond acceptors (Lipinski definition) is 4. The lowest BCUT2D eigenvalue weighted by atomic mass is 9.97. The molecule has 0 bridgehead atoms. The third-order valence-electron chi connectivity index (χ3n) is 6.14. The van der Waals surface area contributed by atoms with Gasteiger partial charge in [-0.3, -0.25) is 10.1 Å². The summed E-state index contributed by atoms with van der Waals surface area (Å²) in [4.78, 5) is 4.11. The van der Waals surface area contributed by atoms with E-state index >= 15 is 4.39 Å². The number of nitrogens with one attached hydrogen (secondary N) is 3. The minimum atomic E-state index is -0.367. The molecule has 0 amide bonds. The molecule has 1 aromatic carbocycles. The molecule has 3 aromatic rings. The molecule has 196 valence electrons. The average Bonchev–Trinajstić information content (AvgIpc) is 3.35. The lowest BCUT2D eigenvalue weighted by molar-refractivity contribution is 0.636. The van der Waals surface area contributed by atoms with E-state index in [0.717, 1.165) is 33.7 Å². The normalized spacial score (nSPS) is 13.4. The Kier molecular flexibility index (Phi) is 9.39. The van der Waals surface area contributed by atoms with Gasteiger partial charge in [-0.2, -0.15) is 5.10 Å². The Balaban J connectivity index is 2.01.